The van der Waals surface area contributed by atoms with Crippen LogP contribution in [0.3, 0.4) is 0 Å². The van der Waals surface area contributed by atoms with Gasteiger partial charge in [-0.25, -0.2) is 0 Å². The van der Waals surface area contributed by atoms with Gasteiger partial charge in [0.25, 0.3) is 0 Å². The fraction of sp³-hybridized carbons (Fsp3) is 0.643. The van der Waals surface area contributed by atoms with Gasteiger partial charge >= 0.3 is 0 Å². The van der Waals surface area contributed by atoms with E-state index in [2.05, 4.69) is 22.4 Å². The Morgan fingerprint density at radius 3 is 2.71 bits per heavy atom. The molecule has 0 radical (unpaired) electrons. The van der Waals surface area contributed by atoms with Crippen LogP contribution < -0.4 is 11.1 Å². The van der Waals surface area contributed by atoms with Gasteiger partial charge in [0.05, 0.1) is 0 Å². The maximum Gasteiger partial charge on any atom is 0.0462 e. The van der Waals surface area contributed by atoms with Crippen LogP contribution >= 0.6 is 0 Å². The van der Waals surface area contributed by atoms with E-state index in [0.717, 1.165) is 5.69 Å². The highest BCUT2D eigenvalue weighted by Crippen LogP contribution is 2.21. The second-order valence-corrected chi connectivity index (χ2v) is 5.02. The quantitative estimate of drug-likeness (QED) is 0.839. The van der Waals surface area contributed by atoms with Crippen LogP contribution in [0.4, 0.5) is 0 Å². The largest absolute Gasteiger partial charge is 0.329 e. The minimum Gasteiger partial charge on any atom is -0.329 e. The van der Waals surface area contributed by atoms with Gasteiger partial charge in [-0.2, -0.15) is 0 Å². The van der Waals surface area contributed by atoms with Crippen molar-refractivity contribution >= 4 is 0 Å². The molecule has 3 heteroatoms. The molecule has 0 amide bonds. The van der Waals surface area contributed by atoms with Crippen molar-refractivity contribution < 1.29 is 0 Å². The Labute approximate surface area is 104 Å². The normalized spacial score (nSPS) is 19.2. The molecular formula is C14H23N3. The summed E-state index contributed by atoms with van der Waals surface area (Å²) in [5.41, 5.74) is 8.14. The molecule has 0 bridgehead atoms. The third-order valence-electron chi connectivity index (χ3n) is 3.61. The number of nitrogens with zero attached hydrogens (tertiary/aromatic N) is 1. The zero-order chi connectivity index (χ0) is 12.1. The maximum atomic E-state index is 5.87. The summed E-state index contributed by atoms with van der Waals surface area (Å²) >= 11 is 0. The highest BCUT2D eigenvalue weighted by molar-refractivity contribution is 5.17. The van der Waals surface area contributed by atoms with Gasteiger partial charge in [0.2, 0.25) is 0 Å². The Morgan fingerprint density at radius 1 is 1.35 bits per heavy atom. The number of nitrogens with two attached hydrogens (primary N) is 1. The molecule has 0 aromatic carbocycles. The average Bonchev–Trinajstić information content (AvgIpc) is 2.38. The minimum atomic E-state index is 0.256. The first kappa shape index (κ1) is 12.5. The molecule has 1 atom stereocenters. The second-order valence-electron chi connectivity index (χ2n) is 5.02. The zero-order valence-corrected chi connectivity index (χ0v) is 10.7. The Bertz CT molecular complexity index is 328. The van der Waals surface area contributed by atoms with Crippen LogP contribution in [0.25, 0.3) is 0 Å². The summed E-state index contributed by atoms with van der Waals surface area (Å²) in [7, 11) is 0. The van der Waals surface area contributed by atoms with Crippen molar-refractivity contribution in [2.75, 3.05) is 6.54 Å². The third-order valence-corrected chi connectivity index (χ3v) is 3.61. The number of hydrogen-bond donors (Lipinski definition) is 2. The molecule has 1 aliphatic carbocycles. The summed E-state index contributed by atoms with van der Waals surface area (Å²) in [6, 6.07) is 5.08. The summed E-state index contributed by atoms with van der Waals surface area (Å²) in [6.07, 6.45) is 8.61. The topological polar surface area (TPSA) is 50.9 Å². The second kappa shape index (κ2) is 6.12. The number of pyridine rings is 1. The van der Waals surface area contributed by atoms with Gasteiger partial charge < -0.3 is 11.1 Å². The van der Waals surface area contributed by atoms with Gasteiger partial charge in [-0.15, -0.1) is 0 Å². The van der Waals surface area contributed by atoms with Gasteiger partial charge in [-0.3, -0.25) is 4.98 Å². The van der Waals surface area contributed by atoms with Crippen molar-refractivity contribution in [3.05, 3.63) is 29.6 Å². The molecule has 1 aliphatic rings. The van der Waals surface area contributed by atoms with Crippen molar-refractivity contribution in [3.8, 4) is 0 Å². The van der Waals surface area contributed by atoms with E-state index in [9.17, 15) is 0 Å². The molecule has 1 aromatic rings. The van der Waals surface area contributed by atoms with Crippen LogP contribution in [0.5, 0.6) is 0 Å². The predicted octanol–water partition coefficient (Wildman–Crippen LogP) is 2.31. The zero-order valence-electron chi connectivity index (χ0n) is 10.7. The molecule has 0 aliphatic heterocycles. The minimum absolute atomic E-state index is 0.256. The summed E-state index contributed by atoms with van der Waals surface area (Å²) < 4.78 is 0. The van der Waals surface area contributed by atoms with E-state index >= 15 is 0 Å². The van der Waals surface area contributed by atoms with E-state index in [4.69, 9.17) is 5.73 Å². The fourth-order valence-corrected chi connectivity index (χ4v) is 2.54. The lowest BCUT2D eigenvalue weighted by Crippen LogP contribution is -2.37. The Balaban J connectivity index is 1.97. The smallest absolute Gasteiger partial charge is 0.0462 e. The van der Waals surface area contributed by atoms with E-state index < -0.39 is 0 Å². The highest BCUT2D eigenvalue weighted by Gasteiger charge is 2.18. The molecule has 3 N–H and O–H groups in total. The Hall–Kier alpha value is -0.930. The number of aromatic nitrogens is 1. The van der Waals surface area contributed by atoms with Crippen LogP contribution in [0.2, 0.25) is 0 Å². The number of aryl methyl sites for hydroxylation is 1. The molecule has 1 heterocycles. The standard InChI is InChI=1S/C14H23N3/c1-11-7-8-12(10-16-11)14(9-15)17-13-5-3-2-4-6-13/h7-8,10,13-14,17H,2-6,9,15H2,1H3. The first-order chi connectivity index (χ1) is 8.29. The lowest BCUT2D eigenvalue weighted by Gasteiger charge is -2.28. The van der Waals surface area contributed by atoms with Crippen LogP contribution in [-0.2, 0) is 0 Å². The lowest BCUT2D eigenvalue weighted by atomic mass is 9.94. The SMILES string of the molecule is Cc1ccc(C(CN)NC2CCCCC2)cn1. The van der Waals surface area contributed by atoms with E-state index in [1.165, 1.54) is 37.7 Å². The summed E-state index contributed by atoms with van der Waals surface area (Å²) in [4.78, 5) is 4.35. The molecule has 1 aromatic heterocycles. The monoisotopic (exact) mass is 233 g/mol. The Kier molecular flexibility index (Phi) is 4.51. The van der Waals surface area contributed by atoms with Crippen molar-refractivity contribution in [1.82, 2.24) is 10.3 Å². The van der Waals surface area contributed by atoms with Crippen molar-refractivity contribution in [3.63, 3.8) is 0 Å². The molecular weight excluding hydrogens is 210 g/mol. The van der Waals surface area contributed by atoms with Gasteiger partial charge in [0, 0.05) is 30.5 Å². The van der Waals surface area contributed by atoms with E-state index in [-0.39, 0.29) is 6.04 Å². The molecule has 0 spiro atoms. The summed E-state index contributed by atoms with van der Waals surface area (Å²) in [5, 5.41) is 3.68. The van der Waals surface area contributed by atoms with Gasteiger partial charge in [0.1, 0.15) is 0 Å². The number of rotatable bonds is 4. The fourth-order valence-electron chi connectivity index (χ4n) is 2.54. The van der Waals surface area contributed by atoms with Crippen molar-refractivity contribution in [2.24, 2.45) is 5.73 Å². The van der Waals surface area contributed by atoms with E-state index in [1.54, 1.807) is 0 Å². The Morgan fingerprint density at radius 2 is 2.12 bits per heavy atom. The highest BCUT2D eigenvalue weighted by atomic mass is 15.0. The van der Waals surface area contributed by atoms with Crippen molar-refractivity contribution in [2.45, 2.75) is 51.1 Å². The van der Waals surface area contributed by atoms with Crippen molar-refractivity contribution in [1.29, 1.82) is 0 Å². The molecule has 94 valence electrons. The van der Waals surface area contributed by atoms with Gasteiger partial charge in [-0.05, 0) is 31.4 Å². The molecule has 0 saturated heterocycles. The summed E-state index contributed by atoms with van der Waals surface area (Å²) in [6.45, 7) is 2.65. The predicted molar refractivity (Wildman–Crippen MR) is 70.8 cm³/mol. The molecule has 1 saturated carbocycles. The van der Waals surface area contributed by atoms with Crippen LogP contribution in [0.1, 0.15) is 49.4 Å². The van der Waals surface area contributed by atoms with E-state index in [1.807, 2.05) is 13.1 Å². The third kappa shape index (κ3) is 3.51. The first-order valence-corrected chi connectivity index (χ1v) is 6.68. The van der Waals surface area contributed by atoms with Crippen LogP contribution in [0, 0.1) is 6.92 Å². The van der Waals surface area contributed by atoms with E-state index in [0.29, 0.717) is 12.6 Å². The molecule has 1 unspecified atom stereocenters. The number of hydrogen-bond acceptors (Lipinski definition) is 3. The average molecular weight is 233 g/mol. The number of nitrogens with one attached hydrogen (secondary N) is 1. The van der Waals surface area contributed by atoms with Gasteiger partial charge in [0.15, 0.2) is 0 Å². The first-order valence-electron chi connectivity index (χ1n) is 6.68. The lowest BCUT2D eigenvalue weighted by molar-refractivity contribution is 0.340. The maximum absolute atomic E-state index is 5.87. The molecule has 3 nitrogen and oxygen atoms in total. The van der Waals surface area contributed by atoms with Crippen LogP contribution in [0.15, 0.2) is 18.3 Å². The van der Waals surface area contributed by atoms with Gasteiger partial charge in [-0.1, -0.05) is 25.3 Å². The molecule has 2 rings (SSSR count). The summed E-state index contributed by atoms with van der Waals surface area (Å²) in [5.74, 6) is 0. The molecule has 1 fully saturated rings. The molecule has 17 heavy (non-hydrogen) atoms. The van der Waals surface area contributed by atoms with Crippen LogP contribution in [-0.4, -0.2) is 17.6 Å².